The highest BCUT2D eigenvalue weighted by molar-refractivity contribution is 6.31. The van der Waals surface area contributed by atoms with E-state index in [0.717, 1.165) is 24.9 Å². The highest BCUT2D eigenvalue weighted by Gasteiger charge is 2.20. The number of fused-ring (bicyclic) bond motifs is 1. The summed E-state index contributed by atoms with van der Waals surface area (Å²) in [5.41, 5.74) is 2.35. The van der Waals surface area contributed by atoms with Gasteiger partial charge in [-0.1, -0.05) is 18.5 Å². The van der Waals surface area contributed by atoms with Crippen molar-refractivity contribution < 1.29 is 5.11 Å². The lowest BCUT2D eigenvalue weighted by Crippen LogP contribution is -2.29. The zero-order valence-corrected chi connectivity index (χ0v) is 8.93. The lowest BCUT2D eigenvalue weighted by molar-refractivity contribution is 0.461. The number of hydrogen-bond acceptors (Lipinski definition) is 2. The van der Waals surface area contributed by atoms with E-state index in [1.165, 1.54) is 5.56 Å². The van der Waals surface area contributed by atoms with Gasteiger partial charge in [-0.15, -0.1) is 0 Å². The number of halogens is 1. The number of hydrogen-bond donors (Lipinski definition) is 2. The summed E-state index contributed by atoms with van der Waals surface area (Å²) in [4.78, 5) is 0. The van der Waals surface area contributed by atoms with Gasteiger partial charge in [-0.2, -0.15) is 0 Å². The molecule has 0 fully saturated rings. The van der Waals surface area contributed by atoms with Crippen molar-refractivity contribution in [1.82, 2.24) is 5.32 Å². The van der Waals surface area contributed by atoms with Crippen LogP contribution < -0.4 is 5.32 Å². The molecule has 0 spiro atoms. The van der Waals surface area contributed by atoms with Crippen LogP contribution in [-0.2, 0) is 6.42 Å². The second-order valence-corrected chi connectivity index (χ2v) is 4.07. The van der Waals surface area contributed by atoms with E-state index in [1.54, 1.807) is 6.07 Å². The average molecular weight is 212 g/mol. The molecule has 1 aromatic rings. The maximum Gasteiger partial charge on any atom is 0.117 e. The summed E-state index contributed by atoms with van der Waals surface area (Å²) in [5.74, 6) is 0.260. The van der Waals surface area contributed by atoms with Crippen molar-refractivity contribution in [3.63, 3.8) is 0 Å². The predicted molar refractivity (Wildman–Crippen MR) is 57.9 cm³/mol. The van der Waals surface area contributed by atoms with Gasteiger partial charge in [0.1, 0.15) is 5.75 Å². The first-order valence-corrected chi connectivity index (χ1v) is 5.35. The van der Waals surface area contributed by atoms with E-state index in [2.05, 4.69) is 12.2 Å². The predicted octanol–water partition coefficient (Wildman–Crippen LogP) is 2.64. The van der Waals surface area contributed by atoms with Crippen LogP contribution in [0.1, 0.15) is 30.5 Å². The third-order valence-corrected chi connectivity index (χ3v) is 3.10. The third-order valence-electron chi connectivity index (χ3n) is 2.76. The molecule has 2 rings (SSSR count). The van der Waals surface area contributed by atoms with Crippen LogP contribution >= 0.6 is 11.6 Å². The lowest BCUT2D eigenvalue weighted by Gasteiger charge is -2.26. The van der Waals surface area contributed by atoms with Crippen molar-refractivity contribution in [2.24, 2.45) is 0 Å². The summed E-state index contributed by atoms with van der Waals surface area (Å²) in [6.45, 7) is 3.10. The van der Waals surface area contributed by atoms with Crippen LogP contribution in [0.4, 0.5) is 0 Å². The first kappa shape index (κ1) is 9.81. The number of phenols is 1. The second kappa shape index (κ2) is 3.79. The largest absolute Gasteiger partial charge is 0.508 e. The van der Waals surface area contributed by atoms with Gasteiger partial charge in [0.15, 0.2) is 0 Å². The Labute approximate surface area is 88.9 Å². The molecule has 1 unspecified atom stereocenters. The minimum Gasteiger partial charge on any atom is -0.508 e. The van der Waals surface area contributed by atoms with Gasteiger partial charge in [0.05, 0.1) is 0 Å². The molecule has 1 aromatic carbocycles. The zero-order chi connectivity index (χ0) is 10.1. The first-order chi connectivity index (χ1) is 6.72. The quantitative estimate of drug-likeness (QED) is 0.749. The monoisotopic (exact) mass is 211 g/mol. The SMILES string of the molecule is CCC1NCCc2c(Cl)cc(O)cc21. The van der Waals surface area contributed by atoms with Crippen molar-refractivity contribution in [3.05, 3.63) is 28.3 Å². The number of benzene rings is 1. The van der Waals surface area contributed by atoms with Crippen LogP contribution in [0.25, 0.3) is 0 Å². The van der Waals surface area contributed by atoms with Crippen LogP contribution in [0.5, 0.6) is 5.75 Å². The number of nitrogens with one attached hydrogen (secondary N) is 1. The molecule has 14 heavy (non-hydrogen) atoms. The van der Waals surface area contributed by atoms with Gasteiger partial charge < -0.3 is 10.4 Å². The molecule has 0 aliphatic carbocycles. The van der Waals surface area contributed by atoms with E-state index >= 15 is 0 Å². The van der Waals surface area contributed by atoms with Crippen LogP contribution in [0.15, 0.2) is 12.1 Å². The Kier molecular flexibility index (Phi) is 2.66. The molecule has 0 saturated heterocycles. The number of rotatable bonds is 1. The molecule has 1 heterocycles. The standard InChI is InChI=1S/C11H14ClNO/c1-2-11-9-5-7(14)6-10(12)8(9)3-4-13-11/h5-6,11,13-14H,2-4H2,1H3. The number of phenolic OH excluding ortho intramolecular Hbond substituents is 1. The summed E-state index contributed by atoms with van der Waals surface area (Å²) in [6, 6.07) is 3.78. The molecule has 1 atom stereocenters. The van der Waals surface area contributed by atoms with Crippen molar-refractivity contribution in [2.45, 2.75) is 25.8 Å². The van der Waals surface area contributed by atoms with E-state index in [0.29, 0.717) is 11.1 Å². The Morgan fingerprint density at radius 3 is 3.07 bits per heavy atom. The third kappa shape index (κ3) is 1.60. The van der Waals surface area contributed by atoms with Gasteiger partial charge in [-0.05, 0) is 42.6 Å². The van der Waals surface area contributed by atoms with E-state index in [1.807, 2.05) is 6.07 Å². The maximum absolute atomic E-state index is 9.47. The maximum atomic E-state index is 9.47. The minimum atomic E-state index is 0.260. The van der Waals surface area contributed by atoms with Gasteiger partial charge in [0.25, 0.3) is 0 Å². The molecule has 76 valence electrons. The van der Waals surface area contributed by atoms with Gasteiger partial charge in [-0.3, -0.25) is 0 Å². The molecule has 2 N–H and O–H groups in total. The van der Waals surface area contributed by atoms with Gasteiger partial charge in [0, 0.05) is 11.1 Å². The summed E-state index contributed by atoms with van der Waals surface area (Å²) in [7, 11) is 0. The summed E-state index contributed by atoms with van der Waals surface area (Å²) in [5, 5.41) is 13.6. The molecule has 0 saturated carbocycles. The fourth-order valence-electron chi connectivity index (χ4n) is 2.06. The zero-order valence-electron chi connectivity index (χ0n) is 8.18. The van der Waals surface area contributed by atoms with Crippen LogP contribution in [-0.4, -0.2) is 11.7 Å². The van der Waals surface area contributed by atoms with Crippen molar-refractivity contribution in [3.8, 4) is 5.75 Å². The average Bonchev–Trinajstić information content (AvgIpc) is 2.17. The Hall–Kier alpha value is -0.730. The molecule has 1 aliphatic heterocycles. The molecule has 1 aliphatic rings. The molecule has 3 heteroatoms. The Balaban J connectivity index is 2.51. The fraction of sp³-hybridized carbons (Fsp3) is 0.455. The molecule has 0 amide bonds. The highest BCUT2D eigenvalue weighted by Crippen LogP contribution is 2.33. The molecule has 0 radical (unpaired) electrons. The van der Waals surface area contributed by atoms with E-state index < -0.39 is 0 Å². The van der Waals surface area contributed by atoms with Gasteiger partial charge >= 0.3 is 0 Å². The molecular weight excluding hydrogens is 198 g/mol. The Morgan fingerprint density at radius 2 is 2.36 bits per heavy atom. The minimum absolute atomic E-state index is 0.260. The van der Waals surface area contributed by atoms with E-state index in [-0.39, 0.29) is 5.75 Å². The summed E-state index contributed by atoms with van der Waals surface area (Å²) >= 11 is 6.08. The van der Waals surface area contributed by atoms with Crippen LogP contribution in [0, 0.1) is 0 Å². The van der Waals surface area contributed by atoms with Crippen molar-refractivity contribution in [2.75, 3.05) is 6.54 Å². The molecule has 0 aromatic heterocycles. The first-order valence-electron chi connectivity index (χ1n) is 4.97. The summed E-state index contributed by atoms with van der Waals surface area (Å²) < 4.78 is 0. The van der Waals surface area contributed by atoms with Crippen molar-refractivity contribution in [1.29, 1.82) is 0 Å². The lowest BCUT2D eigenvalue weighted by atomic mass is 9.92. The summed E-state index contributed by atoms with van der Waals surface area (Å²) in [6.07, 6.45) is 1.97. The fourth-order valence-corrected chi connectivity index (χ4v) is 2.38. The highest BCUT2D eigenvalue weighted by atomic mass is 35.5. The molecule has 2 nitrogen and oxygen atoms in total. The smallest absolute Gasteiger partial charge is 0.117 e. The normalized spacial score (nSPS) is 20.6. The topological polar surface area (TPSA) is 32.3 Å². The van der Waals surface area contributed by atoms with Gasteiger partial charge in [0.2, 0.25) is 0 Å². The van der Waals surface area contributed by atoms with Gasteiger partial charge in [-0.25, -0.2) is 0 Å². The number of aromatic hydroxyl groups is 1. The Morgan fingerprint density at radius 1 is 1.57 bits per heavy atom. The van der Waals surface area contributed by atoms with Crippen LogP contribution in [0.2, 0.25) is 5.02 Å². The van der Waals surface area contributed by atoms with E-state index in [4.69, 9.17) is 11.6 Å². The van der Waals surface area contributed by atoms with E-state index in [9.17, 15) is 5.11 Å². The van der Waals surface area contributed by atoms with Crippen molar-refractivity contribution >= 4 is 11.6 Å². The van der Waals surface area contributed by atoms with Crippen LogP contribution in [0.3, 0.4) is 0 Å². The molecule has 0 bridgehead atoms. The molecular formula is C11H14ClNO. The second-order valence-electron chi connectivity index (χ2n) is 3.66. The Bertz CT molecular complexity index is 351.